The zero-order valence-electron chi connectivity index (χ0n) is 19.1. The maximum Gasteiger partial charge on any atom is 0.256 e. The molecule has 2 aliphatic rings. The predicted molar refractivity (Wildman–Crippen MR) is 133 cm³/mol. The van der Waals surface area contributed by atoms with E-state index in [4.69, 9.17) is 11.6 Å². The van der Waals surface area contributed by atoms with Crippen LogP contribution < -0.4 is 16.2 Å². The Kier molecular flexibility index (Phi) is 6.32. The van der Waals surface area contributed by atoms with Crippen molar-refractivity contribution in [2.75, 3.05) is 25.0 Å². The number of aromatic amines is 1. The molecular formula is C26H28ClFN4O2. The largest absolute Gasteiger partial charge is 0.374 e. The summed E-state index contributed by atoms with van der Waals surface area (Å²) in [7, 11) is 0. The molecule has 0 bridgehead atoms. The first-order valence-corrected chi connectivity index (χ1v) is 12.1. The molecule has 1 saturated carbocycles. The van der Waals surface area contributed by atoms with Gasteiger partial charge in [-0.25, -0.2) is 4.39 Å². The van der Waals surface area contributed by atoms with E-state index in [0.717, 1.165) is 35.7 Å². The van der Waals surface area contributed by atoms with Gasteiger partial charge in [0.05, 0.1) is 23.7 Å². The van der Waals surface area contributed by atoms with Crippen LogP contribution >= 0.6 is 11.6 Å². The van der Waals surface area contributed by atoms with Gasteiger partial charge in [-0.1, -0.05) is 17.7 Å². The molecule has 0 saturated heterocycles. The third-order valence-electron chi connectivity index (χ3n) is 6.83. The number of halogens is 2. The van der Waals surface area contributed by atoms with E-state index in [0.29, 0.717) is 28.9 Å². The van der Waals surface area contributed by atoms with Crippen molar-refractivity contribution in [3.8, 4) is 0 Å². The summed E-state index contributed by atoms with van der Waals surface area (Å²) in [6.07, 6.45) is 3.24. The molecule has 0 radical (unpaired) electrons. The van der Waals surface area contributed by atoms with Crippen LogP contribution in [-0.2, 0) is 17.8 Å². The number of amides is 1. The van der Waals surface area contributed by atoms with E-state index in [9.17, 15) is 14.0 Å². The molecule has 178 valence electrons. The molecule has 3 aromatic rings. The minimum atomic E-state index is -0.558. The Hall–Kier alpha value is -2.90. The number of anilines is 1. The van der Waals surface area contributed by atoms with Crippen LogP contribution in [-0.4, -0.2) is 35.4 Å². The summed E-state index contributed by atoms with van der Waals surface area (Å²) in [6.45, 7) is 4.03. The van der Waals surface area contributed by atoms with E-state index in [1.165, 1.54) is 18.9 Å². The first-order valence-electron chi connectivity index (χ1n) is 11.8. The van der Waals surface area contributed by atoms with Crippen LogP contribution in [0.2, 0.25) is 5.02 Å². The van der Waals surface area contributed by atoms with Gasteiger partial charge in [-0.2, -0.15) is 0 Å². The van der Waals surface area contributed by atoms with Gasteiger partial charge in [0.15, 0.2) is 0 Å². The molecule has 1 aromatic heterocycles. The lowest BCUT2D eigenvalue weighted by molar-refractivity contribution is -0.131. The van der Waals surface area contributed by atoms with Crippen LogP contribution in [0.4, 0.5) is 10.1 Å². The van der Waals surface area contributed by atoms with E-state index in [1.54, 1.807) is 11.0 Å². The van der Waals surface area contributed by atoms with Crippen molar-refractivity contribution >= 4 is 34.0 Å². The van der Waals surface area contributed by atoms with Crippen LogP contribution in [0.3, 0.4) is 0 Å². The summed E-state index contributed by atoms with van der Waals surface area (Å²) in [4.78, 5) is 30.1. The van der Waals surface area contributed by atoms with Crippen molar-refractivity contribution in [3.05, 3.63) is 74.4 Å². The molecule has 0 unspecified atom stereocenters. The molecule has 1 atom stereocenters. The van der Waals surface area contributed by atoms with Gasteiger partial charge >= 0.3 is 0 Å². The average molecular weight is 483 g/mol. The predicted octanol–water partition coefficient (Wildman–Crippen LogP) is 4.38. The second-order valence-electron chi connectivity index (χ2n) is 9.33. The van der Waals surface area contributed by atoms with Crippen LogP contribution in [0.1, 0.15) is 42.6 Å². The lowest BCUT2D eigenvalue weighted by Gasteiger charge is -2.35. The van der Waals surface area contributed by atoms with Crippen molar-refractivity contribution in [1.29, 1.82) is 0 Å². The van der Waals surface area contributed by atoms with Gasteiger partial charge in [0.25, 0.3) is 5.56 Å². The molecule has 8 heteroatoms. The van der Waals surface area contributed by atoms with E-state index in [2.05, 4.69) is 15.6 Å². The maximum absolute atomic E-state index is 14.7. The van der Waals surface area contributed by atoms with Gasteiger partial charge in [-0.15, -0.1) is 0 Å². The Morgan fingerprint density at radius 1 is 1.24 bits per heavy atom. The summed E-state index contributed by atoms with van der Waals surface area (Å²) < 4.78 is 14.7. The average Bonchev–Trinajstić information content (AvgIpc) is 3.63. The number of aromatic nitrogens is 1. The van der Waals surface area contributed by atoms with Gasteiger partial charge in [0.2, 0.25) is 5.91 Å². The highest BCUT2D eigenvalue weighted by molar-refractivity contribution is 6.30. The lowest BCUT2D eigenvalue weighted by Crippen LogP contribution is -2.41. The molecule has 0 spiro atoms. The fourth-order valence-corrected chi connectivity index (χ4v) is 4.92. The first kappa shape index (κ1) is 22.9. The number of carbonyl (C=O) groups excluding carboxylic acids is 1. The van der Waals surface area contributed by atoms with Crippen molar-refractivity contribution in [2.24, 2.45) is 5.92 Å². The van der Waals surface area contributed by atoms with Crippen LogP contribution in [0.5, 0.6) is 0 Å². The summed E-state index contributed by atoms with van der Waals surface area (Å²) >= 11 is 6.11. The van der Waals surface area contributed by atoms with E-state index in [1.807, 2.05) is 31.2 Å². The number of rotatable bonds is 7. The SMILES string of the molecule is C[C@H]1c2ccc(Cl)cc2CCN1C(=O)CNc1cc2cc(CNCC3CC3)[nH]c(=O)c2cc1F. The monoisotopic (exact) mass is 482 g/mol. The van der Waals surface area contributed by atoms with E-state index >= 15 is 0 Å². The lowest BCUT2D eigenvalue weighted by atomic mass is 9.93. The zero-order valence-corrected chi connectivity index (χ0v) is 19.8. The fraction of sp³-hybridized carbons (Fsp3) is 0.385. The quantitative estimate of drug-likeness (QED) is 0.467. The van der Waals surface area contributed by atoms with Crippen LogP contribution in [0.15, 0.2) is 41.2 Å². The molecule has 1 aliphatic carbocycles. The normalized spacial score (nSPS) is 17.6. The van der Waals surface area contributed by atoms with Crippen molar-refractivity contribution in [1.82, 2.24) is 15.2 Å². The number of hydrogen-bond donors (Lipinski definition) is 3. The Balaban J connectivity index is 1.29. The van der Waals surface area contributed by atoms with Crippen molar-refractivity contribution < 1.29 is 9.18 Å². The minimum absolute atomic E-state index is 0.0331. The number of nitrogens with one attached hydrogen (secondary N) is 3. The first-order chi connectivity index (χ1) is 16.4. The number of carbonyl (C=O) groups is 1. The van der Waals surface area contributed by atoms with E-state index < -0.39 is 5.82 Å². The molecule has 2 heterocycles. The van der Waals surface area contributed by atoms with Gasteiger partial charge in [-0.3, -0.25) is 9.59 Å². The zero-order chi connectivity index (χ0) is 23.8. The third kappa shape index (κ3) is 4.81. The van der Waals surface area contributed by atoms with Crippen LogP contribution in [0.25, 0.3) is 10.8 Å². The minimum Gasteiger partial charge on any atom is -0.374 e. The van der Waals surface area contributed by atoms with Gasteiger partial charge in [-0.05, 0) is 85.5 Å². The highest BCUT2D eigenvalue weighted by atomic mass is 35.5. The topological polar surface area (TPSA) is 77.2 Å². The standard InChI is InChI=1S/C26H28ClFN4O2/c1-15-21-5-4-19(27)8-17(21)6-7-32(15)25(33)14-30-24-10-18-9-20(13-29-12-16-2-3-16)31-26(34)22(18)11-23(24)28/h4-5,8-11,15-16,29-30H,2-3,6-7,12-14H2,1H3,(H,31,34)/t15-/m0/s1. The van der Waals surface area contributed by atoms with Crippen LogP contribution in [0, 0.1) is 11.7 Å². The Morgan fingerprint density at radius 2 is 2.06 bits per heavy atom. The summed E-state index contributed by atoms with van der Waals surface area (Å²) in [5, 5.41) is 7.93. The van der Waals surface area contributed by atoms with Gasteiger partial charge < -0.3 is 20.5 Å². The second kappa shape index (κ2) is 9.39. The van der Waals surface area contributed by atoms with E-state index in [-0.39, 0.29) is 29.7 Å². The van der Waals surface area contributed by atoms with Crippen molar-refractivity contribution in [2.45, 2.75) is 38.8 Å². The molecule has 1 aliphatic heterocycles. The number of H-pyrrole nitrogens is 1. The highest BCUT2D eigenvalue weighted by Crippen LogP contribution is 2.31. The Bertz CT molecular complexity index is 1300. The molecule has 1 fully saturated rings. The number of hydrogen-bond acceptors (Lipinski definition) is 4. The third-order valence-corrected chi connectivity index (χ3v) is 7.06. The maximum atomic E-state index is 14.7. The van der Waals surface area contributed by atoms with Gasteiger partial charge in [0, 0.05) is 23.8 Å². The molecule has 1 amide bonds. The Morgan fingerprint density at radius 3 is 2.85 bits per heavy atom. The fourth-order valence-electron chi connectivity index (χ4n) is 4.72. The molecule has 3 N–H and O–H groups in total. The highest BCUT2D eigenvalue weighted by Gasteiger charge is 2.27. The number of pyridine rings is 1. The molecule has 2 aromatic carbocycles. The number of fused-ring (bicyclic) bond motifs is 2. The molecular weight excluding hydrogens is 455 g/mol. The summed E-state index contributed by atoms with van der Waals surface area (Å²) in [6, 6.07) is 10.4. The smallest absolute Gasteiger partial charge is 0.256 e. The number of benzene rings is 2. The Labute approximate surface area is 202 Å². The number of nitrogens with zero attached hydrogens (tertiary/aromatic N) is 1. The van der Waals surface area contributed by atoms with Gasteiger partial charge in [0.1, 0.15) is 5.82 Å². The molecule has 34 heavy (non-hydrogen) atoms. The second-order valence-corrected chi connectivity index (χ2v) is 9.76. The summed E-state index contributed by atoms with van der Waals surface area (Å²) in [5.41, 5.74) is 2.89. The molecule has 5 rings (SSSR count). The summed E-state index contributed by atoms with van der Waals surface area (Å²) in [5.74, 6) is 0.0732. The van der Waals surface area contributed by atoms with Crippen molar-refractivity contribution in [3.63, 3.8) is 0 Å². The molecule has 6 nitrogen and oxygen atoms in total.